The van der Waals surface area contributed by atoms with Crippen LogP contribution < -0.4 is 14.8 Å². The first-order valence-corrected chi connectivity index (χ1v) is 9.53. The molecule has 8 heteroatoms. The van der Waals surface area contributed by atoms with Gasteiger partial charge in [0, 0.05) is 0 Å². The Morgan fingerprint density at radius 3 is 2.57 bits per heavy atom. The molecule has 1 aromatic heterocycles. The van der Waals surface area contributed by atoms with Gasteiger partial charge in [-0.3, -0.25) is 4.79 Å². The summed E-state index contributed by atoms with van der Waals surface area (Å²) in [6, 6.07) is 14.9. The van der Waals surface area contributed by atoms with Gasteiger partial charge >= 0.3 is 0 Å². The van der Waals surface area contributed by atoms with Crippen LogP contribution in [-0.4, -0.2) is 35.6 Å². The van der Waals surface area contributed by atoms with Crippen molar-refractivity contribution >= 4 is 23.4 Å². The highest BCUT2D eigenvalue weighted by Crippen LogP contribution is 2.27. The topological polar surface area (TPSA) is 86.5 Å². The van der Waals surface area contributed by atoms with Gasteiger partial charge in [0.25, 0.3) is 5.22 Å². The molecule has 1 heterocycles. The molecule has 0 fully saturated rings. The third-order valence-corrected chi connectivity index (χ3v) is 4.91. The van der Waals surface area contributed by atoms with Gasteiger partial charge < -0.3 is 19.2 Å². The van der Waals surface area contributed by atoms with Crippen LogP contribution in [0.4, 0.5) is 5.69 Å². The summed E-state index contributed by atoms with van der Waals surface area (Å²) in [6.45, 7) is 1.78. The number of thioether (sulfide) groups is 1. The highest BCUT2D eigenvalue weighted by Gasteiger charge is 2.19. The zero-order valence-corrected chi connectivity index (χ0v) is 16.7. The molecule has 0 unspecified atom stereocenters. The summed E-state index contributed by atoms with van der Waals surface area (Å²) in [5.74, 6) is 1.71. The minimum atomic E-state index is -0.417. The zero-order valence-electron chi connectivity index (χ0n) is 15.8. The predicted octanol–water partition coefficient (Wildman–Crippen LogP) is 3.80. The number of amides is 1. The van der Waals surface area contributed by atoms with Crippen LogP contribution in [0.5, 0.6) is 11.5 Å². The average Bonchev–Trinajstić information content (AvgIpc) is 3.15. The molecule has 146 valence electrons. The summed E-state index contributed by atoms with van der Waals surface area (Å²) in [7, 11) is 3.19. The second-order valence-corrected chi connectivity index (χ2v) is 7.23. The highest BCUT2D eigenvalue weighted by atomic mass is 32.2. The van der Waals surface area contributed by atoms with Crippen LogP contribution in [0.2, 0.25) is 0 Å². The molecule has 1 N–H and O–H groups in total. The lowest BCUT2D eigenvalue weighted by molar-refractivity contribution is -0.115. The van der Waals surface area contributed by atoms with Crippen molar-refractivity contribution in [3.05, 3.63) is 60.0 Å². The fourth-order valence-electron chi connectivity index (χ4n) is 2.46. The van der Waals surface area contributed by atoms with Crippen LogP contribution in [0.3, 0.4) is 0 Å². The maximum atomic E-state index is 12.5. The van der Waals surface area contributed by atoms with Crippen molar-refractivity contribution in [2.75, 3.05) is 19.5 Å². The lowest BCUT2D eigenvalue weighted by atomic mass is 10.1. The predicted molar refractivity (Wildman–Crippen MR) is 107 cm³/mol. The molecule has 0 saturated heterocycles. The van der Waals surface area contributed by atoms with E-state index in [9.17, 15) is 4.79 Å². The van der Waals surface area contributed by atoms with Crippen LogP contribution in [-0.2, 0) is 11.2 Å². The Bertz CT molecular complexity index is 927. The molecule has 0 radical (unpaired) electrons. The number of benzene rings is 2. The monoisotopic (exact) mass is 399 g/mol. The zero-order chi connectivity index (χ0) is 19.9. The van der Waals surface area contributed by atoms with E-state index in [0.717, 1.165) is 11.3 Å². The Morgan fingerprint density at radius 1 is 1.11 bits per heavy atom. The molecule has 3 aromatic rings. The Kier molecular flexibility index (Phi) is 6.54. The number of carbonyl (C=O) groups excluding carboxylic acids is 1. The number of hydrogen-bond acceptors (Lipinski definition) is 7. The van der Waals surface area contributed by atoms with Crippen molar-refractivity contribution in [3.8, 4) is 11.5 Å². The van der Waals surface area contributed by atoms with Crippen molar-refractivity contribution in [1.29, 1.82) is 0 Å². The minimum Gasteiger partial charge on any atom is -0.497 e. The molecule has 0 spiro atoms. The van der Waals surface area contributed by atoms with Gasteiger partial charge in [-0.2, -0.15) is 0 Å². The van der Waals surface area contributed by atoms with Crippen molar-refractivity contribution in [2.45, 2.75) is 23.8 Å². The molecule has 0 bridgehead atoms. The van der Waals surface area contributed by atoms with Crippen LogP contribution in [0.1, 0.15) is 18.4 Å². The normalized spacial score (nSPS) is 11.7. The largest absolute Gasteiger partial charge is 0.497 e. The number of carbonyl (C=O) groups is 1. The Labute approximate surface area is 167 Å². The fourth-order valence-corrected chi connectivity index (χ4v) is 3.16. The van der Waals surface area contributed by atoms with Crippen LogP contribution in [0, 0.1) is 0 Å². The third kappa shape index (κ3) is 5.04. The van der Waals surface area contributed by atoms with Gasteiger partial charge in [-0.05, 0) is 36.8 Å². The SMILES string of the molecule is COc1ccc(Cc2nnc(S[C@@H](C)C(=O)Nc3ccccc3OC)o2)cc1. The summed E-state index contributed by atoms with van der Waals surface area (Å²) in [5, 5.41) is 10.9. The van der Waals surface area contributed by atoms with Crippen molar-refractivity contribution < 1.29 is 18.7 Å². The standard InChI is InChI=1S/C20H21N3O4S/c1-13(19(24)21-16-6-4-5-7-17(16)26-3)28-20-23-22-18(27-20)12-14-8-10-15(25-2)11-9-14/h4-11,13H,12H2,1-3H3,(H,21,24)/t13-/m0/s1. The number of methoxy groups -OCH3 is 2. The van der Waals surface area contributed by atoms with Crippen molar-refractivity contribution in [1.82, 2.24) is 10.2 Å². The Balaban J connectivity index is 1.58. The maximum Gasteiger partial charge on any atom is 0.277 e. The van der Waals surface area contributed by atoms with Gasteiger partial charge in [0.2, 0.25) is 11.8 Å². The van der Waals surface area contributed by atoms with Gasteiger partial charge in [-0.1, -0.05) is 36.0 Å². The number of ether oxygens (including phenoxy) is 2. The summed E-state index contributed by atoms with van der Waals surface area (Å²) in [6.07, 6.45) is 0.513. The minimum absolute atomic E-state index is 0.176. The van der Waals surface area contributed by atoms with E-state index in [-0.39, 0.29) is 5.91 Å². The van der Waals surface area contributed by atoms with Gasteiger partial charge in [0.15, 0.2) is 0 Å². The van der Waals surface area contributed by atoms with E-state index in [2.05, 4.69) is 15.5 Å². The molecule has 1 atom stereocenters. The number of nitrogens with one attached hydrogen (secondary N) is 1. The van der Waals surface area contributed by atoms with E-state index in [1.807, 2.05) is 36.4 Å². The number of hydrogen-bond donors (Lipinski definition) is 1. The number of nitrogens with zero attached hydrogens (tertiary/aromatic N) is 2. The van der Waals surface area contributed by atoms with Crippen LogP contribution in [0.15, 0.2) is 58.2 Å². The number of anilines is 1. The number of para-hydroxylation sites is 2. The van der Waals surface area contributed by atoms with E-state index in [4.69, 9.17) is 13.9 Å². The number of rotatable bonds is 8. The molecule has 0 aliphatic rings. The van der Waals surface area contributed by atoms with Crippen LogP contribution in [0.25, 0.3) is 0 Å². The molecular formula is C20H21N3O4S. The second kappa shape index (κ2) is 9.27. The van der Waals surface area contributed by atoms with E-state index in [0.29, 0.717) is 29.0 Å². The van der Waals surface area contributed by atoms with Gasteiger partial charge in [-0.25, -0.2) is 0 Å². The first-order chi connectivity index (χ1) is 13.6. The lowest BCUT2D eigenvalue weighted by Gasteiger charge is -2.12. The average molecular weight is 399 g/mol. The number of aromatic nitrogens is 2. The fraction of sp³-hybridized carbons (Fsp3) is 0.250. The molecule has 1 amide bonds. The molecule has 0 aliphatic heterocycles. The second-order valence-electron chi connectivity index (χ2n) is 5.94. The van der Waals surface area contributed by atoms with Crippen LogP contribution >= 0.6 is 11.8 Å². The van der Waals surface area contributed by atoms with Gasteiger partial charge in [0.05, 0.1) is 31.6 Å². The van der Waals surface area contributed by atoms with E-state index in [1.165, 1.54) is 11.8 Å². The smallest absolute Gasteiger partial charge is 0.277 e. The first kappa shape index (κ1) is 19.8. The summed E-state index contributed by atoms with van der Waals surface area (Å²) >= 11 is 1.21. The Hall–Kier alpha value is -3.00. The molecule has 28 heavy (non-hydrogen) atoms. The summed E-state index contributed by atoms with van der Waals surface area (Å²) in [4.78, 5) is 12.5. The Morgan fingerprint density at radius 2 is 1.86 bits per heavy atom. The summed E-state index contributed by atoms with van der Waals surface area (Å²) in [5.41, 5.74) is 1.65. The van der Waals surface area contributed by atoms with E-state index >= 15 is 0 Å². The van der Waals surface area contributed by atoms with Gasteiger partial charge in [-0.15, -0.1) is 10.2 Å². The quantitative estimate of drug-likeness (QED) is 0.577. The first-order valence-electron chi connectivity index (χ1n) is 8.65. The molecular weight excluding hydrogens is 378 g/mol. The molecule has 0 saturated carbocycles. The molecule has 2 aromatic carbocycles. The van der Waals surface area contributed by atoms with Crippen molar-refractivity contribution in [2.24, 2.45) is 0 Å². The highest BCUT2D eigenvalue weighted by molar-refractivity contribution is 8.00. The van der Waals surface area contributed by atoms with Crippen molar-refractivity contribution in [3.63, 3.8) is 0 Å². The van der Waals surface area contributed by atoms with E-state index < -0.39 is 5.25 Å². The lowest BCUT2D eigenvalue weighted by Crippen LogP contribution is -2.22. The molecule has 0 aliphatic carbocycles. The third-order valence-electron chi connectivity index (χ3n) is 3.97. The van der Waals surface area contributed by atoms with E-state index in [1.54, 1.807) is 33.3 Å². The maximum absolute atomic E-state index is 12.5. The molecule has 7 nitrogen and oxygen atoms in total. The van der Waals surface area contributed by atoms with Gasteiger partial charge in [0.1, 0.15) is 11.5 Å². The molecule has 3 rings (SSSR count). The summed E-state index contributed by atoms with van der Waals surface area (Å²) < 4.78 is 16.1.